The molecule has 0 bridgehead atoms. The highest BCUT2D eigenvalue weighted by Gasteiger charge is 2.36. The van der Waals surface area contributed by atoms with Gasteiger partial charge in [-0.2, -0.15) is 0 Å². The van der Waals surface area contributed by atoms with Gasteiger partial charge in [-0.05, 0) is 20.0 Å². The molecule has 1 heterocycles. The van der Waals surface area contributed by atoms with Gasteiger partial charge in [0, 0.05) is 6.04 Å². The third-order valence-corrected chi connectivity index (χ3v) is 4.05. The van der Waals surface area contributed by atoms with Crippen molar-refractivity contribution in [3.05, 3.63) is 0 Å². The maximum absolute atomic E-state index is 11.1. The van der Waals surface area contributed by atoms with Crippen molar-refractivity contribution in [1.82, 2.24) is 4.90 Å². The fourth-order valence-electron chi connectivity index (χ4n) is 2.70. The van der Waals surface area contributed by atoms with Crippen LogP contribution in [0.1, 0.15) is 51.9 Å². The van der Waals surface area contributed by atoms with Crippen LogP contribution < -0.4 is 0 Å². The summed E-state index contributed by atoms with van der Waals surface area (Å²) in [6.07, 6.45) is 9.04. The molecule has 0 saturated carbocycles. The first-order valence-electron chi connectivity index (χ1n) is 7.67. The Labute approximate surface area is 117 Å². The summed E-state index contributed by atoms with van der Waals surface area (Å²) >= 11 is 0. The van der Waals surface area contributed by atoms with Crippen LogP contribution in [0.15, 0.2) is 0 Å². The fourth-order valence-corrected chi connectivity index (χ4v) is 2.70. The number of likely N-dealkylation sites (N-methyl/N-ethyl adjacent to an activating group) is 1. The van der Waals surface area contributed by atoms with Crippen LogP contribution in [0.5, 0.6) is 0 Å². The van der Waals surface area contributed by atoms with Crippen molar-refractivity contribution in [3.63, 3.8) is 0 Å². The molecule has 0 aromatic rings. The normalized spacial score (nSPS) is 23.1. The van der Waals surface area contributed by atoms with E-state index in [0.717, 1.165) is 13.0 Å². The van der Waals surface area contributed by atoms with E-state index in [1.165, 1.54) is 38.5 Å². The highest BCUT2D eigenvalue weighted by molar-refractivity contribution is 5.71. The number of hydrogen-bond acceptors (Lipinski definition) is 3. The third-order valence-electron chi connectivity index (χ3n) is 4.05. The SMILES string of the molecule is CCCCCCCCCN(C)C1COCC1C(=O)O. The summed E-state index contributed by atoms with van der Waals surface area (Å²) in [5, 5.41) is 9.12. The maximum Gasteiger partial charge on any atom is 0.310 e. The Balaban J connectivity index is 2.10. The molecule has 4 heteroatoms. The molecule has 0 aromatic heterocycles. The third kappa shape index (κ3) is 5.91. The van der Waals surface area contributed by atoms with Crippen molar-refractivity contribution in [2.45, 2.75) is 57.9 Å². The Morgan fingerprint density at radius 2 is 1.79 bits per heavy atom. The van der Waals surface area contributed by atoms with Crippen molar-refractivity contribution in [2.75, 3.05) is 26.8 Å². The van der Waals surface area contributed by atoms with Crippen LogP contribution in [0.3, 0.4) is 0 Å². The Morgan fingerprint density at radius 1 is 1.16 bits per heavy atom. The Hall–Kier alpha value is -0.610. The number of nitrogens with zero attached hydrogens (tertiary/aromatic N) is 1. The van der Waals surface area contributed by atoms with E-state index in [1.54, 1.807) is 0 Å². The highest BCUT2D eigenvalue weighted by Crippen LogP contribution is 2.19. The lowest BCUT2D eigenvalue weighted by atomic mass is 10.0. The van der Waals surface area contributed by atoms with E-state index in [9.17, 15) is 4.79 Å². The molecule has 2 unspecified atom stereocenters. The van der Waals surface area contributed by atoms with Gasteiger partial charge < -0.3 is 14.7 Å². The Morgan fingerprint density at radius 3 is 2.42 bits per heavy atom. The molecule has 1 fully saturated rings. The molecule has 112 valence electrons. The molecule has 1 aliphatic heterocycles. The van der Waals surface area contributed by atoms with Gasteiger partial charge in [0.1, 0.15) is 0 Å². The van der Waals surface area contributed by atoms with E-state index in [2.05, 4.69) is 11.8 Å². The Kier molecular flexibility index (Phi) is 8.07. The minimum Gasteiger partial charge on any atom is -0.481 e. The van der Waals surface area contributed by atoms with Gasteiger partial charge in [-0.1, -0.05) is 45.4 Å². The highest BCUT2D eigenvalue weighted by atomic mass is 16.5. The van der Waals surface area contributed by atoms with Crippen molar-refractivity contribution >= 4 is 5.97 Å². The first-order chi connectivity index (χ1) is 9.16. The maximum atomic E-state index is 11.1. The van der Waals surface area contributed by atoms with Gasteiger partial charge in [-0.15, -0.1) is 0 Å². The second-order valence-corrected chi connectivity index (χ2v) is 5.65. The molecule has 19 heavy (non-hydrogen) atoms. The van der Waals surface area contributed by atoms with E-state index < -0.39 is 5.97 Å². The predicted octanol–water partition coefficient (Wildman–Crippen LogP) is 2.77. The lowest BCUT2D eigenvalue weighted by Gasteiger charge is -2.26. The molecule has 1 aliphatic rings. The standard InChI is InChI=1S/C15H29NO3/c1-3-4-5-6-7-8-9-10-16(2)14-12-19-11-13(14)15(17)18/h13-14H,3-12H2,1-2H3,(H,17,18). The van der Waals surface area contributed by atoms with Crippen LogP contribution in [0, 0.1) is 5.92 Å². The number of carboxylic acids is 1. The molecule has 0 aliphatic carbocycles. The number of carbonyl (C=O) groups is 1. The van der Waals surface area contributed by atoms with Gasteiger partial charge in [-0.3, -0.25) is 4.79 Å². The van der Waals surface area contributed by atoms with Gasteiger partial charge in [0.2, 0.25) is 0 Å². The van der Waals surface area contributed by atoms with Gasteiger partial charge in [0.25, 0.3) is 0 Å². The van der Waals surface area contributed by atoms with E-state index in [0.29, 0.717) is 13.2 Å². The molecule has 0 amide bonds. The van der Waals surface area contributed by atoms with E-state index in [4.69, 9.17) is 9.84 Å². The molecule has 1 rings (SSSR count). The molecule has 0 spiro atoms. The monoisotopic (exact) mass is 271 g/mol. The van der Waals surface area contributed by atoms with Crippen LogP contribution in [0.25, 0.3) is 0 Å². The van der Waals surface area contributed by atoms with E-state index in [1.807, 2.05) is 7.05 Å². The minimum absolute atomic E-state index is 0.0533. The van der Waals surface area contributed by atoms with Gasteiger partial charge in [0.15, 0.2) is 0 Å². The molecular formula is C15H29NO3. The van der Waals surface area contributed by atoms with Crippen LogP contribution in [-0.2, 0) is 9.53 Å². The number of unbranched alkanes of at least 4 members (excludes halogenated alkanes) is 6. The average Bonchev–Trinajstić information content (AvgIpc) is 2.87. The van der Waals surface area contributed by atoms with Crippen molar-refractivity contribution < 1.29 is 14.6 Å². The number of aliphatic carboxylic acids is 1. The smallest absolute Gasteiger partial charge is 0.310 e. The predicted molar refractivity (Wildman–Crippen MR) is 76.4 cm³/mol. The zero-order valence-corrected chi connectivity index (χ0v) is 12.4. The summed E-state index contributed by atoms with van der Waals surface area (Å²) in [4.78, 5) is 13.3. The fraction of sp³-hybridized carbons (Fsp3) is 0.933. The first kappa shape index (κ1) is 16.4. The lowest BCUT2D eigenvalue weighted by molar-refractivity contribution is -0.143. The number of ether oxygens (including phenoxy) is 1. The Bertz CT molecular complexity index is 258. The van der Waals surface area contributed by atoms with Crippen LogP contribution in [-0.4, -0.2) is 48.8 Å². The second kappa shape index (κ2) is 9.32. The summed E-state index contributed by atoms with van der Waals surface area (Å²) in [6, 6.07) is 0.0533. The topological polar surface area (TPSA) is 49.8 Å². The molecule has 0 aromatic carbocycles. The summed E-state index contributed by atoms with van der Waals surface area (Å²) in [7, 11) is 2.02. The van der Waals surface area contributed by atoms with E-state index >= 15 is 0 Å². The van der Waals surface area contributed by atoms with E-state index in [-0.39, 0.29) is 12.0 Å². The van der Waals surface area contributed by atoms with Crippen molar-refractivity contribution in [3.8, 4) is 0 Å². The van der Waals surface area contributed by atoms with Gasteiger partial charge >= 0.3 is 5.97 Å². The van der Waals surface area contributed by atoms with Crippen LogP contribution in [0.2, 0.25) is 0 Å². The lowest BCUT2D eigenvalue weighted by Crippen LogP contribution is -2.41. The minimum atomic E-state index is -0.728. The molecule has 2 atom stereocenters. The van der Waals surface area contributed by atoms with Crippen LogP contribution in [0.4, 0.5) is 0 Å². The zero-order chi connectivity index (χ0) is 14.1. The zero-order valence-electron chi connectivity index (χ0n) is 12.4. The molecule has 1 saturated heterocycles. The van der Waals surface area contributed by atoms with Crippen molar-refractivity contribution in [2.24, 2.45) is 5.92 Å². The van der Waals surface area contributed by atoms with Gasteiger partial charge in [0.05, 0.1) is 19.1 Å². The summed E-state index contributed by atoms with van der Waals surface area (Å²) < 4.78 is 5.30. The molecule has 1 N–H and O–H groups in total. The van der Waals surface area contributed by atoms with Crippen LogP contribution >= 0.6 is 0 Å². The summed E-state index contributed by atoms with van der Waals surface area (Å²) in [6.45, 7) is 4.13. The number of hydrogen-bond donors (Lipinski definition) is 1. The average molecular weight is 271 g/mol. The molecule has 0 radical (unpaired) electrons. The molecule has 4 nitrogen and oxygen atoms in total. The summed E-state index contributed by atoms with van der Waals surface area (Å²) in [5.41, 5.74) is 0. The number of carboxylic acid groups (broad SMARTS) is 1. The summed E-state index contributed by atoms with van der Waals surface area (Å²) in [5.74, 6) is -1.08. The molecular weight excluding hydrogens is 242 g/mol. The van der Waals surface area contributed by atoms with Gasteiger partial charge in [-0.25, -0.2) is 0 Å². The number of rotatable bonds is 10. The quantitative estimate of drug-likeness (QED) is 0.621. The first-order valence-corrected chi connectivity index (χ1v) is 7.67. The largest absolute Gasteiger partial charge is 0.481 e. The second-order valence-electron chi connectivity index (χ2n) is 5.65. The van der Waals surface area contributed by atoms with Crippen molar-refractivity contribution in [1.29, 1.82) is 0 Å².